The molecule has 0 unspecified atom stereocenters. The van der Waals surface area contributed by atoms with Crippen LogP contribution in [0.2, 0.25) is 0 Å². The Morgan fingerprint density at radius 2 is 2.24 bits per heavy atom. The summed E-state index contributed by atoms with van der Waals surface area (Å²) in [6.45, 7) is 3.78. The third-order valence-corrected chi connectivity index (χ3v) is 2.45. The van der Waals surface area contributed by atoms with E-state index in [2.05, 4.69) is 11.1 Å². The first-order chi connectivity index (χ1) is 7.90. The normalized spacial score (nSPS) is 11.6. The first kappa shape index (κ1) is 11.4. The van der Waals surface area contributed by atoms with Crippen LogP contribution in [0.3, 0.4) is 0 Å². The number of imidazole rings is 1. The van der Waals surface area contributed by atoms with Crippen molar-refractivity contribution in [3.8, 4) is 6.07 Å². The number of aromatic nitrogens is 2. The van der Waals surface area contributed by atoms with E-state index < -0.39 is 5.60 Å². The summed E-state index contributed by atoms with van der Waals surface area (Å²) in [6, 6.07) is 7.25. The minimum absolute atomic E-state index is 0.345. The fraction of sp³-hybridized carbons (Fsp3) is 0.333. The zero-order chi connectivity index (χ0) is 12.6. The topological polar surface area (TPSA) is 87.9 Å². The lowest BCUT2D eigenvalue weighted by molar-refractivity contribution is 0.0633. The highest BCUT2D eigenvalue weighted by atomic mass is 16.3. The van der Waals surface area contributed by atoms with Gasteiger partial charge in [-0.1, -0.05) is 0 Å². The van der Waals surface area contributed by atoms with Gasteiger partial charge < -0.3 is 15.4 Å². The summed E-state index contributed by atoms with van der Waals surface area (Å²) in [6.07, 6.45) is 0. The van der Waals surface area contributed by atoms with Crippen LogP contribution in [0.1, 0.15) is 19.4 Å². The number of rotatable bonds is 2. The van der Waals surface area contributed by atoms with Crippen LogP contribution in [0.25, 0.3) is 11.0 Å². The van der Waals surface area contributed by atoms with Gasteiger partial charge in [-0.2, -0.15) is 5.26 Å². The lowest BCUT2D eigenvalue weighted by atomic mass is 10.1. The van der Waals surface area contributed by atoms with Crippen molar-refractivity contribution in [2.24, 2.45) is 0 Å². The standard InChI is InChI=1S/C12H14N4O/c1-12(2,17)7-16-10-4-3-8(6-13)5-9(10)15-11(16)14/h3-5,17H,7H2,1-2H3,(H2,14,15). The van der Waals surface area contributed by atoms with Gasteiger partial charge in [0.05, 0.1) is 34.8 Å². The van der Waals surface area contributed by atoms with Gasteiger partial charge in [0.1, 0.15) is 0 Å². The molecule has 0 atom stereocenters. The summed E-state index contributed by atoms with van der Waals surface area (Å²) in [7, 11) is 0. The van der Waals surface area contributed by atoms with Gasteiger partial charge >= 0.3 is 0 Å². The lowest BCUT2D eigenvalue weighted by Crippen LogP contribution is -2.26. The Kier molecular flexibility index (Phi) is 2.52. The second-order valence-electron chi connectivity index (χ2n) is 4.68. The number of nitriles is 1. The number of fused-ring (bicyclic) bond motifs is 1. The number of benzene rings is 1. The molecule has 0 saturated heterocycles. The first-order valence-electron chi connectivity index (χ1n) is 5.29. The smallest absolute Gasteiger partial charge is 0.201 e. The molecule has 88 valence electrons. The van der Waals surface area contributed by atoms with Crippen molar-refractivity contribution in [1.29, 1.82) is 5.26 Å². The van der Waals surface area contributed by atoms with Crippen LogP contribution < -0.4 is 5.73 Å². The third kappa shape index (κ3) is 2.22. The Bertz CT molecular complexity index is 601. The number of hydrogen-bond donors (Lipinski definition) is 2. The largest absolute Gasteiger partial charge is 0.389 e. The Hall–Kier alpha value is -2.06. The maximum atomic E-state index is 9.82. The molecule has 0 aliphatic heterocycles. The molecule has 0 fully saturated rings. The average Bonchev–Trinajstić information content (AvgIpc) is 2.52. The molecule has 0 spiro atoms. The zero-order valence-corrected chi connectivity index (χ0v) is 9.81. The van der Waals surface area contributed by atoms with Crippen molar-refractivity contribution in [2.75, 3.05) is 5.73 Å². The summed E-state index contributed by atoms with van der Waals surface area (Å²) < 4.78 is 1.75. The maximum absolute atomic E-state index is 9.82. The molecule has 17 heavy (non-hydrogen) atoms. The predicted molar refractivity (Wildman–Crippen MR) is 65.2 cm³/mol. The van der Waals surface area contributed by atoms with Gasteiger partial charge in [-0.25, -0.2) is 4.98 Å². The summed E-state index contributed by atoms with van der Waals surface area (Å²) in [5, 5.41) is 18.6. The SMILES string of the molecule is CC(C)(O)Cn1c(N)nc2cc(C#N)ccc21. The monoisotopic (exact) mass is 230 g/mol. The number of nitrogens with two attached hydrogens (primary N) is 1. The molecule has 2 rings (SSSR count). The quantitative estimate of drug-likeness (QED) is 0.813. The van der Waals surface area contributed by atoms with Crippen LogP contribution in [0.5, 0.6) is 0 Å². The predicted octanol–water partition coefficient (Wildman–Crippen LogP) is 1.26. The van der Waals surface area contributed by atoms with E-state index in [0.29, 0.717) is 23.6 Å². The summed E-state index contributed by atoms with van der Waals surface area (Å²) in [5.74, 6) is 0.345. The van der Waals surface area contributed by atoms with Gasteiger partial charge in [0, 0.05) is 0 Å². The first-order valence-corrected chi connectivity index (χ1v) is 5.29. The van der Waals surface area contributed by atoms with Crippen molar-refractivity contribution in [3.05, 3.63) is 23.8 Å². The molecule has 1 aromatic carbocycles. The summed E-state index contributed by atoms with van der Waals surface area (Å²) in [4.78, 5) is 4.18. The Balaban J connectivity index is 2.57. The molecule has 0 saturated carbocycles. The molecular formula is C12H14N4O. The van der Waals surface area contributed by atoms with Gasteiger partial charge in [-0.15, -0.1) is 0 Å². The Morgan fingerprint density at radius 3 is 2.82 bits per heavy atom. The van der Waals surface area contributed by atoms with E-state index in [1.807, 2.05) is 0 Å². The third-order valence-electron chi connectivity index (χ3n) is 2.45. The van der Waals surface area contributed by atoms with Crippen LogP contribution in [0, 0.1) is 11.3 Å². The van der Waals surface area contributed by atoms with Crippen molar-refractivity contribution in [1.82, 2.24) is 9.55 Å². The molecule has 1 heterocycles. The summed E-state index contributed by atoms with van der Waals surface area (Å²) in [5.41, 5.74) is 6.99. The van der Waals surface area contributed by atoms with Crippen molar-refractivity contribution in [2.45, 2.75) is 26.0 Å². The number of anilines is 1. The van der Waals surface area contributed by atoms with Crippen molar-refractivity contribution < 1.29 is 5.11 Å². The van der Waals surface area contributed by atoms with E-state index >= 15 is 0 Å². The highest BCUT2D eigenvalue weighted by Crippen LogP contribution is 2.21. The fourth-order valence-corrected chi connectivity index (χ4v) is 1.77. The number of hydrogen-bond acceptors (Lipinski definition) is 4. The van der Waals surface area contributed by atoms with Crippen LogP contribution in [-0.4, -0.2) is 20.3 Å². The highest BCUT2D eigenvalue weighted by Gasteiger charge is 2.17. The van der Waals surface area contributed by atoms with Crippen LogP contribution >= 0.6 is 0 Å². The Labute approximate surface area is 99.1 Å². The molecule has 0 bridgehead atoms. The molecule has 5 heteroatoms. The van der Waals surface area contributed by atoms with Gasteiger partial charge in [0.15, 0.2) is 0 Å². The van der Waals surface area contributed by atoms with Gasteiger partial charge in [0.25, 0.3) is 0 Å². The minimum Gasteiger partial charge on any atom is -0.389 e. The van der Waals surface area contributed by atoms with Gasteiger partial charge in [-0.3, -0.25) is 0 Å². The fourth-order valence-electron chi connectivity index (χ4n) is 1.77. The number of aliphatic hydroxyl groups is 1. The molecule has 1 aromatic heterocycles. The second kappa shape index (κ2) is 3.75. The Morgan fingerprint density at radius 1 is 1.53 bits per heavy atom. The summed E-state index contributed by atoms with van der Waals surface area (Å²) >= 11 is 0. The average molecular weight is 230 g/mol. The van der Waals surface area contributed by atoms with Gasteiger partial charge in [0.2, 0.25) is 5.95 Å². The molecule has 3 N–H and O–H groups in total. The molecule has 5 nitrogen and oxygen atoms in total. The molecule has 0 radical (unpaired) electrons. The van der Waals surface area contributed by atoms with Crippen LogP contribution in [0.15, 0.2) is 18.2 Å². The van der Waals surface area contributed by atoms with E-state index in [4.69, 9.17) is 11.0 Å². The van der Waals surface area contributed by atoms with E-state index in [0.717, 1.165) is 5.52 Å². The lowest BCUT2D eigenvalue weighted by Gasteiger charge is -2.19. The molecule has 2 aromatic rings. The van der Waals surface area contributed by atoms with E-state index in [9.17, 15) is 5.11 Å². The number of nitrogen functional groups attached to an aromatic ring is 1. The molecular weight excluding hydrogens is 216 g/mol. The van der Waals surface area contributed by atoms with E-state index in [1.165, 1.54) is 0 Å². The van der Waals surface area contributed by atoms with Gasteiger partial charge in [-0.05, 0) is 32.0 Å². The highest BCUT2D eigenvalue weighted by molar-refractivity contribution is 5.79. The van der Waals surface area contributed by atoms with E-state index in [-0.39, 0.29) is 0 Å². The maximum Gasteiger partial charge on any atom is 0.201 e. The molecule has 0 aliphatic carbocycles. The van der Waals surface area contributed by atoms with Crippen LogP contribution in [-0.2, 0) is 6.54 Å². The van der Waals surface area contributed by atoms with Crippen molar-refractivity contribution in [3.63, 3.8) is 0 Å². The minimum atomic E-state index is -0.865. The molecule has 0 amide bonds. The zero-order valence-electron chi connectivity index (χ0n) is 9.81. The van der Waals surface area contributed by atoms with Crippen molar-refractivity contribution >= 4 is 17.0 Å². The number of nitrogens with zero attached hydrogens (tertiary/aromatic N) is 3. The second-order valence-corrected chi connectivity index (χ2v) is 4.68. The van der Waals surface area contributed by atoms with Crippen LogP contribution in [0.4, 0.5) is 5.95 Å². The molecule has 0 aliphatic rings. The van der Waals surface area contributed by atoms with E-state index in [1.54, 1.807) is 36.6 Å².